The number of aryl methyl sites for hydroxylation is 1. The van der Waals surface area contributed by atoms with Crippen LogP contribution in [0.15, 0.2) is 24.3 Å². The molecule has 1 unspecified atom stereocenters. The van der Waals surface area contributed by atoms with E-state index in [0.29, 0.717) is 25.9 Å². The fourth-order valence-electron chi connectivity index (χ4n) is 4.46. The monoisotopic (exact) mass is 387 g/mol. The first-order valence-corrected chi connectivity index (χ1v) is 10.2. The van der Waals surface area contributed by atoms with Crippen molar-refractivity contribution in [3.8, 4) is 0 Å². The lowest BCUT2D eigenvalue weighted by Gasteiger charge is -2.36. The summed E-state index contributed by atoms with van der Waals surface area (Å²) in [6, 6.07) is 7.65. The number of hydrogen-bond acceptors (Lipinski definition) is 5. The number of nitrogens with one attached hydrogen (secondary N) is 1. The molecule has 3 aliphatic rings. The third-order valence-electron chi connectivity index (χ3n) is 6.29. The number of para-hydroxylation sites is 1. The van der Waals surface area contributed by atoms with Crippen LogP contribution >= 0.6 is 0 Å². The van der Waals surface area contributed by atoms with Crippen molar-refractivity contribution in [3.05, 3.63) is 29.8 Å². The van der Waals surface area contributed by atoms with Gasteiger partial charge in [-0.25, -0.2) is 4.79 Å². The molecule has 3 fully saturated rings. The number of benzene rings is 1. The van der Waals surface area contributed by atoms with E-state index in [1.54, 1.807) is 4.90 Å². The molecule has 2 amide bonds. The van der Waals surface area contributed by atoms with Gasteiger partial charge in [-0.1, -0.05) is 18.2 Å². The lowest BCUT2D eigenvalue weighted by atomic mass is 9.76. The number of likely N-dealkylation sites (tertiary alicyclic amines) is 1. The maximum Gasteiger partial charge on any atom is 0.321 e. The molecule has 0 bridgehead atoms. The minimum atomic E-state index is -0.420. The molecule has 3 aliphatic heterocycles. The van der Waals surface area contributed by atoms with Crippen molar-refractivity contribution in [2.45, 2.75) is 32.3 Å². The van der Waals surface area contributed by atoms with Gasteiger partial charge in [-0.2, -0.15) is 0 Å². The van der Waals surface area contributed by atoms with Crippen molar-refractivity contribution in [3.63, 3.8) is 0 Å². The molecule has 0 aromatic heterocycles. The number of ether oxygens (including phenoxy) is 2. The molecule has 3 saturated heterocycles. The van der Waals surface area contributed by atoms with Gasteiger partial charge in [0.25, 0.3) is 0 Å². The molecule has 1 aromatic carbocycles. The quantitative estimate of drug-likeness (QED) is 0.806. The second-order valence-corrected chi connectivity index (χ2v) is 8.16. The average molecular weight is 387 g/mol. The molecule has 1 N–H and O–H groups in total. The summed E-state index contributed by atoms with van der Waals surface area (Å²) >= 11 is 0. The Morgan fingerprint density at radius 1 is 1.18 bits per heavy atom. The number of carbonyl (C=O) groups is 2. The van der Waals surface area contributed by atoms with Gasteiger partial charge in [-0.15, -0.1) is 0 Å². The molecule has 152 valence electrons. The Kier molecular flexibility index (Phi) is 5.55. The molecule has 0 aliphatic carbocycles. The zero-order valence-corrected chi connectivity index (χ0v) is 16.5. The van der Waals surface area contributed by atoms with Gasteiger partial charge in [-0.05, 0) is 31.4 Å². The van der Waals surface area contributed by atoms with E-state index < -0.39 is 5.41 Å². The fraction of sp³-hybridized carbons (Fsp3) is 0.619. The van der Waals surface area contributed by atoms with Crippen LogP contribution in [0, 0.1) is 12.3 Å². The van der Waals surface area contributed by atoms with E-state index in [2.05, 4.69) is 10.2 Å². The molecule has 7 nitrogen and oxygen atoms in total. The second-order valence-electron chi connectivity index (χ2n) is 8.16. The van der Waals surface area contributed by atoms with Crippen LogP contribution in [0.4, 0.5) is 10.5 Å². The molecule has 7 heteroatoms. The standard InChI is InChI=1S/C21H29N3O4/c1-16-4-2-3-5-18(16)22-20(26)24-8-6-21(7-9-24)14-17(28-19(21)25)15-23-10-12-27-13-11-23/h2-5,17H,6-15H2,1H3,(H,22,26). The molecule has 4 rings (SSSR count). The number of nitrogens with zero attached hydrogens (tertiary/aromatic N) is 2. The highest BCUT2D eigenvalue weighted by atomic mass is 16.6. The van der Waals surface area contributed by atoms with E-state index in [4.69, 9.17) is 9.47 Å². The van der Waals surface area contributed by atoms with Gasteiger partial charge >= 0.3 is 12.0 Å². The van der Waals surface area contributed by atoms with E-state index in [0.717, 1.165) is 50.5 Å². The van der Waals surface area contributed by atoms with Gasteiger partial charge in [0, 0.05) is 44.8 Å². The average Bonchev–Trinajstić information content (AvgIpc) is 2.99. The smallest absolute Gasteiger partial charge is 0.321 e. The molecule has 1 spiro atoms. The summed E-state index contributed by atoms with van der Waals surface area (Å²) in [5, 5.41) is 2.99. The summed E-state index contributed by atoms with van der Waals surface area (Å²) in [7, 11) is 0. The lowest BCUT2D eigenvalue weighted by molar-refractivity contribution is -0.151. The summed E-state index contributed by atoms with van der Waals surface area (Å²) in [5.74, 6) is -0.0790. The minimum Gasteiger partial charge on any atom is -0.461 e. The number of cyclic esters (lactones) is 1. The number of rotatable bonds is 3. The largest absolute Gasteiger partial charge is 0.461 e. The van der Waals surface area contributed by atoms with Gasteiger partial charge in [-0.3, -0.25) is 9.69 Å². The summed E-state index contributed by atoms with van der Waals surface area (Å²) in [6.07, 6.45) is 2.06. The summed E-state index contributed by atoms with van der Waals surface area (Å²) in [6.45, 7) is 7.21. The van der Waals surface area contributed by atoms with Crippen LogP contribution in [0.2, 0.25) is 0 Å². The molecule has 3 heterocycles. The van der Waals surface area contributed by atoms with Crippen molar-refractivity contribution >= 4 is 17.7 Å². The summed E-state index contributed by atoms with van der Waals surface area (Å²) in [5.41, 5.74) is 1.45. The highest BCUT2D eigenvalue weighted by molar-refractivity contribution is 5.90. The van der Waals surface area contributed by atoms with Crippen LogP contribution in [-0.2, 0) is 14.3 Å². The van der Waals surface area contributed by atoms with Crippen LogP contribution < -0.4 is 5.32 Å². The number of amides is 2. The molecule has 0 saturated carbocycles. The Bertz CT molecular complexity index is 724. The van der Waals surface area contributed by atoms with Crippen LogP contribution in [0.3, 0.4) is 0 Å². The number of anilines is 1. The summed E-state index contributed by atoms with van der Waals surface area (Å²) < 4.78 is 11.1. The molecular weight excluding hydrogens is 358 g/mol. The highest BCUT2D eigenvalue weighted by Gasteiger charge is 2.51. The van der Waals surface area contributed by atoms with Crippen LogP contribution in [0.1, 0.15) is 24.8 Å². The van der Waals surface area contributed by atoms with E-state index in [1.165, 1.54) is 0 Å². The normalized spacial score (nSPS) is 25.0. The maximum absolute atomic E-state index is 12.6. The molecule has 1 atom stereocenters. The third kappa shape index (κ3) is 4.00. The Morgan fingerprint density at radius 3 is 2.61 bits per heavy atom. The van der Waals surface area contributed by atoms with Gasteiger partial charge < -0.3 is 19.7 Å². The summed E-state index contributed by atoms with van der Waals surface area (Å²) in [4.78, 5) is 29.4. The van der Waals surface area contributed by atoms with Crippen molar-refractivity contribution in [1.82, 2.24) is 9.80 Å². The molecular formula is C21H29N3O4. The van der Waals surface area contributed by atoms with Crippen LogP contribution in [0.5, 0.6) is 0 Å². The number of urea groups is 1. The SMILES string of the molecule is Cc1ccccc1NC(=O)N1CCC2(CC1)CC(CN1CCOCC1)OC2=O. The Hall–Kier alpha value is -2.12. The molecule has 1 aromatic rings. The first-order valence-electron chi connectivity index (χ1n) is 10.2. The number of morpholine rings is 1. The van der Waals surface area contributed by atoms with Crippen molar-refractivity contribution < 1.29 is 19.1 Å². The first-order chi connectivity index (χ1) is 13.6. The van der Waals surface area contributed by atoms with E-state index >= 15 is 0 Å². The predicted molar refractivity (Wildman–Crippen MR) is 105 cm³/mol. The van der Waals surface area contributed by atoms with Crippen LogP contribution in [-0.4, -0.2) is 73.8 Å². The van der Waals surface area contributed by atoms with Gasteiger partial charge in [0.05, 0.1) is 18.6 Å². The second kappa shape index (κ2) is 8.09. The number of piperidine rings is 1. The predicted octanol–water partition coefficient (Wildman–Crippen LogP) is 2.26. The molecule has 0 radical (unpaired) electrons. The maximum atomic E-state index is 12.6. The Morgan fingerprint density at radius 2 is 1.89 bits per heavy atom. The zero-order chi connectivity index (χ0) is 19.6. The van der Waals surface area contributed by atoms with Crippen molar-refractivity contribution in [2.24, 2.45) is 5.41 Å². The first kappa shape index (κ1) is 19.2. The van der Waals surface area contributed by atoms with Gasteiger partial charge in [0.1, 0.15) is 6.10 Å². The van der Waals surface area contributed by atoms with E-state index in [1.807, 2.05) is 31.2 Å². The third-order valence-corrected chi connectivity index (χ3v) is 6.29. The zero-order valence-electron chi connectivity index (χ0n) is 16.5. The minimum absolute atomic E-state index is 0.0436. The Balaban J connectivity index is 1.31. The Labute approximate surface area is 166 Å². The van der Waals surface area contributed by atoms with Gasteiger partial charge in [0.2, 0.25) is 0 Å². The lowest BCUT2D eigenvalue weighted by Crippen LogP contribution is -2.46. The fourth-order valence-corrected chi connectivity index (χ4v) is 4.46. The highest BCUT2D eigenvalue weighted by Crippen LogP contribution is 2.43. The number of esters is 1. The van der Waals surface area contributed by atoms with Crippen LogP contribution in [0.25, 0.3) is 0 Å². The topological polar surface area (TPSA) is 71.1 Å². The number of hydrogen-bond donors (Lipinski definition) is 1. The van der Waals surface area contributed by atoms with Crippen molar-refractivity contribution in [2.75, 3.05) is 51.3 Å². The van der Waals surface area contributed by atoms with E-state index in [9.17, 15) is 9.59 Å². The number of carbonyl (C=O) groups excluding carboxylic acids is 2. The van der Waals surface area contributed by atoms with Crippen molar-refractivity contribution in [1.29, 1.82) is 0 Å². The van der Waals surface area contributed by atoms with E-state index in [-0.39, 0.29) is 18.1 Å². The molecule has 28 heavy (non-hydrogen) atoms. The van der Waals surface area contributed by atoms with Gasteiger partial charge in [0.15, 0.2) is 0 Å².